The topological polar surface area (TPSA) is 47.3 Å². The van der Waals surface area contributed by atoms with Crippen LogP contribution in [-0.4, -0.2) is 25.7 Å². The molecule has 3 heteroatoms. The molecule has 1 aromatic carbocycles. The Morgan fingerprint density at radius 3 is 3.06 bits per heavy atom. The maximum atomic E-state index is 6.00. The van der Waals surface area contributed by atoms with Crippen LogP contribution in [-0.2, 0) is 6.42 Å². The van der Waals surface area contributed by atoms with Gasteiger partial charge in [0.15, 0.2) is 0 Å². The molecule has 0 aliphatic carbocycles. The summed E-state index contributed by atoms with van der Waals surface area (Å²) in [5.74, 6) is 1.00. The lowest BCUT2D eigenvalue weighted by molar-refractivity contribution is 0.221. The summed E-state index contributed by atoms with van der Waals surface area (Å²) in [5.41, 5.74) is 8.11. The Kier molecular flexibility index (Phi) is 3.80. The predicted octanol–water partition coefficient (Wildman–Crippen LogP) is 1.24. The molecular formula is C13H20N2O. The lowest BCUT2D eigenvalue weighted by Crippen LogP contribution is -2.20. The number of benzene rings is 1. The van der Waals surface area contributed by atoms with Gasteiger partial charge in [0.25, 0.3) is 0 Å². The van der Waals surface area contributed by atoms with E-state index in [0.717, 1.165) is 31.7 Å². The van der Waals surface area contributed by atoms with Crippen LogP contribution in [0.2, 0.25) is 0 Å². The molecule has 1 fully saturated rings. The SMILES string of the molecule is Cc1ccc(OC2CCNC2)c(CCN)c1. The van der Waals surface area contributed by atoms with Crippen molar-refractivity contribution >= 4 is 0 Å². The van der Waals surface area contributed by atoms with Gasteiger partial charge in [-0.05, 0) is 44.5 Å². The fourth-order valence-corrected chi connectivity index (χ4v) is 2.08. The highest BCUT2D eigenvalue weighted by Crippen LogP contribution is 2.22. The van der Waals surface area contributed by atoms with Gasteiger partial charge in [-0.1, -0.05) is 17.7 Å². The van der Waals surface area contributed by atoms with E-state index in [1.54, 1.807) is 0 Å². The molecule has 0 saturated carbocycles. The number of nitrogens with one attached hydrogen (secondary N) is 1. The number of aryl methyl sites for hydroxylation is 1. The van der Waals surface area contributed by atoms with Crippen LogP contribution >= 0.6 is 0 Å². The molecule has 2 rings (SSSR count). The van der Waals surface area contributed by atoms with Gasteiger partial charge in [0.05, 0.1) is 0 Å². The summed E-state index contributed by atoms with van der Waals surface area (Å²) in [6.07, 6.45) is 2.30. The molecule has 0 aromatic heterocycles. The van der Waals surface area contributed by atoms with Crippen molar-refractivity contribution in [3.8, 4) is 5.75 Å². The maximum Gasteiger partial charge on any atom is 0.123 e. The van der Waals surface area contributed by atoms with Crippen molar-refractivity contribution < 1.29 is 4.74 Å². The first kappa shape index (κ1) is 11.4. The highest BCUT2D eigenvalue weighted by Gasteiger charge is 2.17. The van der Waals surface area contributed by atoms with Gasteiger partial charge in [0, 0.05) is 6.54 Å². The van der Waals surface area contributed by atoms with Crippen molar-refractivity contribution in [3.63, 3.8) is 0 Å². The van der Waals surface area contributed by atoms with Gasteiger partial charge >= 0.3 is 0 Å². The first-order chi connectivity index (χ1) is 7.79. The van der Waals surface area contributed by atoms with Crippen molar-refractivity contribution in [1.82, 2.24) is 5.32 Å². The van der Waals surface area contributed by atoms with Gasteiger partial charge < -0.3 is 15.8 Å². The van der Waals surface area contributed by atoms with E-state index in [1.165, 1.54) is 11.1 Å². The Morgan fingerprint density at radius 2 is 2.38 bits per heavy atom. The highest BCUT2D eigenvalue weighted by molar-refractivity contribution is 5.37. The molecular weight excluding hydrogens is 200 g/mol. The van der Waals surface area contributed by atoms with Gasteiger partial charge in [0.2, 0.25) is 0 Å². The van der Waals surface area contributed by atoms with E-state index < -0.39 is 0 Å². The normalized spacial score (nSPS) is 20.0. The van der Waals surface area contributed by atoms with Gasteiger partial charge in [-0.15, -0.1) is 0 Å². The standard InChI is InChI=1S/C13H20N2O/c1-10-2-3-13(11(8-10)4-6-14)16-12-5-7-15-9-12/h2-3,8,12,15H,4-7,9,14H2,1H3. The molecule has 1 heterocycles. The zero-order valence-electron chi connectivity index (χ0n) is 9.83. The van der Waals surface area contributed by atoms with Crippen molar-refractivity contribution in [2.75, 3.05) is 19.6 Å². The Hall–Kier alpha value is -1.06. The minimum absolute atomic E-state index is 0.319. The summed E-state index contributed by atoms with van der Waals surface area (Å²) in [6.45, 7) is 4.78. The van der Waals surface area contributed by atoms with Gasteiger partial charge in [-0.2, -0.15) is 0 Å². The van der Waals surface area contributed by atoms with Crippen LogP contribution in [0.4, 0.5) is 0 Å². The van der Waals surface area contributed by atoms with E-state index in [2.05, 4.69) is 30.4 Å². The second-order valence-corrected chi connectivity index (χ2v) is 4.38. The Bertz CT molecular complexity index is 346. The summed E-state index contributed by atoms with van der Waals surface area (Å²) in [6, 6.07) is 6.33. The van der Waals surface area contributed by atoms with E-state index in [0.29, 0.717) is 12.6 Å². The van der Waals surface area contributed by atoms with Crippen LogP contribution in [0.1, 0.15) is 17.5 Å². The number of ether oxygens (including phenoxy) is 1. The molecule has 0 spiro atoms. The van der Waals surface area contributed by atoms with Crippen LogP contribution in [0.15, 0.2) is 18.2 Å². The van der Waals surface area contributed by atoms with E-state index in [9.17, 15) is 0 Å². The molecule has 1 aliphatic rings. The molecule has 1 saturated heterocycles. The number of hydrogen-bond acceptors (Lipinski definition) is 3. The first-order valence-electron chi connectivity index (χ1n) is 5.96. The first-order valence-corrected chi connectivity index (χ1v) is 5.96. The summed E-state index contributed by atoms with van der Waals surface area (Å²) >= 11 is 0. The summed E-state index contributed by atoms with van der Waals surface area (Å²) in [4.78, 5) is 0. The second kappa shape index (κ2) is 5.32. The third-order valence-electron chi connectivity index (χ3n) is 2.94. The molecule has 0 amide bonds. The minimum atomic E-state index is 0.319. The van der Waals surface area contributed by atoms with Gasteiger partial charge in [0.1, 0.15) is 11.9 Å². The maximum absolute atomic E-state index is 6.00. The quantitative estimate of drug-likeness (QED) is 0.802. The van der Waals surface area contributed by atoms with E-state index in [4.69, 9.17) is 10.5 Å². The van der Waals surface area contributed by atoms with E-state index in [1.807, 2.05) is 0 Å². The van der Waals surface area contributed by atoms with Crippen molar-refractivity contribution in [3.05, 3.63) is 29.3 Å². The molecule has 1 unspecified atom stereocenters. The lowest BCUT2D eigenvalue weighted by atomic mass is 10.1. The minimum Gasteiger partial charge on any atom is -0.489 e. The lowest BCUT2D eigenvalue weighted by Gasteiger charge is -2.16. The zero-order valence-corrected chi connectivity index (χ0v) is 9.83. The summed E-state index contributed by atoms with van der Waals surface area (Å²) < 4.78 is 6.00. The average molecular weight is 220 g/mol. The Labute approximate surface area is 97.0 Å². The molecule has 0 bridgehead atoms. The van der Waals surface area contributed by atoms with Crippen LogP contribution in [0, 0.1) is 6.92 Å². The van der Waals surface area contributed by atoms with E-state index >= 15 is 0 Å². The molecule has 0 radical (unpaired) electrons. The van der Waals surface area contributed by atoms with Crippen LogP contribution in [0.5, 0.6) is 5.75 Å². The van der Waals surface area contributed by atoms with Gasteiger partial charge in [-0.3, -0.25) is 0 Å². The third-order valence-corrected chi connectivity index (χ3v) is 2.94. The molecule has 1 aliphatic heterocycles. The molecule has 1 atom stereocenters. The zero-order chi connectivity index (χ0) is 11.4. The molecule has 1 aromatic rings. The number of nitrogens with two attached hydrogens (primary N) is 1. The molecule has 88 valence electrons. The van der Waals surface area contributed by atoms with Gasteiger partial charge in [-0.25, -0.2) is 0 Å². The fraction of sp³-hybridized carbons (Fsp3) is 0.538. The summed E-state index contributed by atoms with van der Waals surface area (Å²) in [5, 5.41) is 3.31. The van der Waals surface area contributed by atoms with Crippen LogP contribution in [0.3, 0.4) is 0 Å². The average Bonchev–Trinajstić information content (AvgIpc) is 2.75. The highest BCUT2D eigenvalue weighted by atomic mass is 16.5. The third kappa shape index (κ3) is 2.74. The summed E-state index contributed by atoms with van der Waals surface area (Å²) in [7, 11) is 0. The smallest absolute Gasteiger partial charge is 0.123 e. The van der Waals surface area contributed by atoms with Crippen molar-refractivity contribution in [1.29, 1.82) is 0 Å². The van der Waals surface area contributed by atoms with Crippen LogP contribution < -0.4 is 15.8 Å². The van der Waals surface area contributed by atoms with E-state index in [-0.39, 0.29) is 0 Å². The number of hydrogen-bond donors (Lipinski definition) is 2. The Morgan fingerprint density at radius 1 is 1.50 bits per heavy atom. The molecule has 3 N–H and O–H groups in total. The van der Waals surface area contributed by atoms with Crippen molar-refractivity contribution in [2.24, 2.45) is 5.73 Å². The van der Waals surface area contributed by atoms with Crippen LogP contribution in [0.25, 0.3) is 0 Å². The molecule has 3 nitrogen and oxygen atoms in total. The second-order valence-electron chi connectivity index (χ2n) is 4.38. The largest absolute Gasteiger partial charge is 0.489 e. The number of rotatable bonds is 4. The molecule has 16 heavy (non-hydrogen) atoms. The van der Waals surface area contributed by atoms with Crippen molar-refractivity contribution in [2.45, 2.75) is 25.9 Å². The predicted molar refractivity (Wildman–Crippen MR) is 65.8 cm³/mol. The fourth-order valence-electron chi connectivity index (χ4n) is 2.08. The monoisotopic (exact) mass is 220 g/mol. The Balaban J connectivity index is 2.11.